The lowest BCUT2D eigenvalue weighted by atomic mass is 9.82. The third-order valence-corrected chi connectivity index (χ3v) is 10.4. The molecular formula is C31H36N2O7. The summed E-state index contributed by atoms with van der Waals surface area (Å²) in [5, 5.41) is 10.1. The van der Waals surface area contributed by atoms with Gasteiger partial charge < -0.3 is 24.4 Å². The van der Waals surface area contributed by atoms with Gasteiger partial charge in [0.1, 0.15) is 5.92 Å². The maximum atomic E-state index is 13.8. The van der Waals surface area contributed by atoms with Crippen LogP contribution in [0.1, 0.15) is 44.1 Å². The zero-order chi connectivity index (χ0) is 27.5. The molecule has 9 nitrogen and oxygen atoms in total. The second-order valence-corrected chi connectivity index (χ2v) is 12.5. The van der Waals surface area contributed by atoms with E-state index < -0.39 is 24.1 Å². The highest BCUT2D eigenvalue weighted by Crippen LogP contribution is 2.48. The number of nitrogens with zero attached hydrogens (tertiary/aromatic N) is 2. The Labute approximate surface area is 233 Å². The first-order valence-corrected chi connectivity index (χ1v) is 14.7. The molecule has 0 aliphatic carbocycles. The number of aliphatic carboxylic acids is 1. The number of hydrogen-bond donors (Lipinski definition) is 1. The summed E-state index contributed by atoms with van der Waals surface area (Å²) < 4.78 is 12.0. The standard InChI is InChI=1S/C31H36N2O7/c34-28(32-13-20-21(14-32)25-7-6-24(20)39-25)11-18(10-17-4-2-1-3-5-17)30(36)19(31(37)38)12-29(35)33-15-22-23(16-33)27-9-8-26(22)40-27/h1-5,10,19-27H,6-9,11-16H2,(H,37,38)/b18-10+. The smallest absolute Gasteiger partial charge is 0.314 e. The lowest BCUT2D eigenvalue weighted by Gasteiger charge is -2.22. The first-order chi connectivity index (χ1) is 19.4. The third-order valence-electron chi connectivity index (χ3n) is 10.4. The molecule has 1 aromatic carbocycles. The van der Waals surface area contributed by atoms with E-state index in [0.29, 0.717) is 55.4 Å². The van der Waals surface area contributed by atoms with Crippen molar-refractivity contribution in [1.29, 1.82) is 0 Å². The first-order valence-electron chi connectivity index (χ1n) is 14.7. The normalized spacial score (nSPS) is 36.1. The van der Waals surface area contributed by atoms with Crippen molar-refractivity contribution in [2.75, 3.05) is 26.2 Å². The fraction of sp³-hybridized carbons (Fsp3) is 0.613. The highest BCUT2D eigenvalue weighted by Gasteiger charge is 2.55. The molecule has 0 radical (unpaired) electrons. The summed E-state index contributed by atoms with van der Waals surface area (Å²) in [6, 6.07) is 9.13. The summed E-state index contributed by atoms with van der Waals surface area (Å²) in [6.07, 6.45) is 5.90. The number of carbonyl (C=O) groups is 4. The molecule has 7 rings (SSSR count). The van der Waals surface area contributed by atoms with Crippen LogP contribution in [-0.2, 0) is 28.7 Å². The fourth-order valence-corrected chi connectivity index (χ4v) is 8.38. The summed E-state index contributed by atoms with van der Waals surface area (Å²) >= 11 is 0. The van der Waals surface area contributed by atoms with Gasteiger partial charge in [-0.25, -0.2) is 0 Å². The Morgan fingerprint density at radius 2 is 1.25 bits per heavy atom. The number of hydrogen-bond acceptors (Lipinski definition) is 6. The van der Waals surface area contributed by atoms with Crippen molar-refractivity contribution in [1.82, 2.24) is 9.80 Å². The number of ketones is 1. The minimum absolute atomic E-state index is 0.136. The maximum Gasteiger partial charge on any atom is 0.314 e. The van der Waals surface area contributed by atoms with Gasteiger partial charge in [-0.15, -0.1) is 0 Å². The summed E-state index contributed by atoms with van der Waals surface area (Å²) in [4.78, 5) is 56.4. The van der Waals surface area contributed by atoms with Gasteiger partial charge in [0.25, 0.3) is 0 Å². The Morgan fingerprint density at radius 1 is 0.775 bits per heavy atom. The van der Waals surface area contributed by atoms with Crippen molar-refractivity contribution in [3.63, 3.8) is 0 Å². The lowest BCUT2D eigenvalue weighted by Crippen LogP contribution is -2.37. The van der Waals surface area contributed by atoms with Crippen molar-refractivity contribution in [2.24, 2.45) is 29.6 Å². The summed E-state index contributed by atoms with van der Waals surface area (Å²) in [7, 11) is 0. The van der Waals surface area contributed by atoms with Crippen LogP contribution in [0.3, 0.4) is 0 Å². The summed E-state index contributed by atoms with van der Waals surface area (Å²) in [5.41, 5.74) is 0.846. The first kappa shape index (κ1) is 25.9. The van der Waals surface area contributed by atoms with Crippen LogP contribution in [-0.4, -0.2) is 89.1 Å². The van der Waals surface area contributed by atoms with E-state index in [4.69, 9.17) is 9.47 Å². The highest BCUT2D eigenvalue weighted by molar-refractivity contribution is 6.13. The van der Waals surface area contributed by atoms with E-state index in [9.17, 15) is 24.3 Å². The largest absolute Gasteiger partial charge is 0.481 e. The van der Waals surface area contributed by atoms with Gasteiger partial charge in [0.2, 0.25) is 11.8 Å². The lowest BCUT2D eigenvalue weighted by molar-refractivity contribution is -0.149. The van der Waals surface area contributed by atoms with Crippen molar-refractivity contribution in [3.05, 3.63) is 41.5 Å². The average molecular weight is 549 g/mol. The SMILES string of the molecule is O=C(O)C(CC(=O)N1CC2C3CCC(O3)C2C1)C(=O)/C(=C/c1ccccc1)CC(=O)N1CC2C3CCC(O3)C2C1. The van der Waals surface area contributed by atoms with E-state index in [1.807, 2.05) is 35.2 Å². The van der Waals surface area contributed by atoms with Gasteiger partial charge in [-0.1, -0.05) is 30.3 Å². The number of Topliss-reactive ketones (excluding diaryl/α,β-unsaturated/α-hetero) is 1. The molecule has 2 amide bonds. The molecule has 6 saturated heterocycles. The zero-order valence-electron chi connectivity index (χ0n) is 22.5. The molecule has 0 saturated carbocycles. The van der Waals surface area contributed by atoms with Gasteiger partial charge in [0.05, 0.1) is 30.8 Å². The van der Waals surface area contributed by atoms with Crippen LogP contribution in [0.15, 0.2) is 35.9 Å². The Hall–Kier alpha value is -3.04. The van der Waals surface area contributed by atoms with Crippen molar-refractivity contribution < 1.29 is 33.8 Å². The van der Waals surface area contributed by atoms with Crippen LogP contribution >= 0.6 is 0 Å². The molecule has 40 heavy (non-hydrogen) atoms. The van der Waals surface area contributed by atoms with Gasteiger partial charge >= 0.3 is 5.97 Å². The Morgan fingerprint density at radius 3 is 1.73 bits per heavy atom. The number of amides is 2. The second-order valence-electron chi connectivity index (χ2n) is 12.5. The van der Waals surface area contributed by atoms with E-state index in [1.165, 1.54) is 0 Å². The van der Waals surface area contributed by atoms with E-state index >= 15 is 0 Å². The molecule has 9 atom stereocenters. The number of carboxylic acids is 1. The van der Waals surface area contributed by atoms with Gasteiger partial charge in [-0.2, -0.15) is 0 Å². The quantitative estimate of drug-likeness (QED) is 0.392. The molecule has 1 aromatic rings. The van der Waals surface area contributed by atoms with E-state index in [0.717, 1.165) is 25.7 Å². The Bertz CT molecular complexity index is 1210. The number of carbonyl (C=O) groups excluding carboxylic acids is 3. The van der Waals surface area contributed by atoms with Crippen LogP contribution in [0.25, 0.3) is 6.08 Å². The number of rotatable bonds is 8. The molecule has 6 aliphatic heterocycles. The average Bonchev–Trinajstić information content (AvgIpc) is 3.77. The monoisotopic (exact) mass is 548 g/mol. The zero-order valence-corrected chi connectivity index (χ0v) is 22.5. The molecule has 0 spiro atoms. The fourth-order valence-electron chi connectivity index (χ4n) is 8.38. The third kappa shape index (κ3) is 4.47. The van der Waals surface area contributed by atoms with E-state index in [1.54, 1.807) is 11.0 Å². The number of benzene rings is 1. The van der Waals surface area contributed by atoms with E-state index in [-0.39, 0.29) is 48.2 Å². The van der Waals surface area contributed by atoms with Gasteiger partial charge in [-0.3, -0.25) is 19.2 Å². The molecule has 6 fully saturated rings. The molecule has 0 aromatic heterocycles. The molecule has 6 aliphatic rings. The molecule has 9 heteroatoms. The number of fused-ring (bicyclic) bond motifs is 10. The van der Waals surface area contributed by atoms with Gasteiger partial charge in [-0.05, 0) is 37.3 Å². The molecule has 1 N–H and O–H groups in total. The maximum absolute atomic E-state index is 13.8. The Kier molecular flexibility index (Phi) is 6.54. The molecule has 6 heterocycles. The molecule has 9 unspecified atom stereocenters. The molecule has 4 bridgehead atoms. The number of carboxylic acid groups (broad SMARTS) is 1. The topological polar surface area (TPSA) is 113 Å². The minimum Gasteiger partial charge on any atom is -0.481 e. The number of ether oxygens (including phenoxy) is 2. The van der Waals surface area contributed by atoms with Crippen molar-refractivity contribution in [3.8, 4) is 0 Å². The van der Waals surface area contributed by atoms with Crippen LogP contribution in [0.4, 0.5) is 0 Å². The van der Waals surface area contributed by atoms with Crippen LogP contribution < -0.4 is 0 Å². The van der Waals surface area contributed by atoms with Crippen molar-refractivity contribution >= 4 is 29.6 Å². The van der Waals surface area contributed by atoms with E-state index in [2.05, 4.69) is 0 Å². The van der Waals surface area contributed by atoms with Crippen LogP contribution in [0, 0.1) is 29.6 Å². The predicted octanol–water partition coefficient (Wildman–Crippen LogP) is 2.39. The Balaban J connectivity index is 1.07. The minimum atomic E-state index is -1.54. The van der Waals surface area contributed by atoms with Crippen molar-refractivity contribution in [2.45, 2.75) is 62.9 Å². The molecule has 212 valence electrons. The summed E-state index contributed by atoms with van der Waals surface area (Å²) in [6.45, 7) is 2.33. The van der Waals surface area contributed by atoms with Gasteiger partial charge in [0, 0.05) is 61.8 Å². The van der Waals surface area contributed by atoms with Crippen LogP contribution in [0.2, 0.25) is 0 Å². The predicted molar refractivity (Wildman–Crippen MR) is 143 cm³/mol. The van der Waals surface area contributed by atoms with Gasteiger partial charge in [0.15, 0.2) is 5.78 Å². The highest BCUT2D eigenvalue weighted by atomic mass is 16.5. The molecular weight excluding hydrogens is 512 g/mol. The van der Waals surface area contributed by atoms with Crippen LogP contribution in [0.5, 0.6) is 0 Å². The number of likely N-dealkylation sites (tertiary alicyclic amines) is 2. The second kappa shape index (κ2) is 10.1. The summed E-state index contributed by atoms with van der Waals surface area (Å²) in [5.74, 6) is -2.76.